The van der Waals surface area contributed by atoms with Crippen LogP contribution >= 0.6 is 0 Å². The number of ketones is 1. The summed E-state index contributed by atoms with van der Waals surface area (Å²) >= 11 is 0. The number of hydrogen-bond acceptors (Lipinski definition) is 5. The standard InChI is InChI=1S/C28H33N3O4/c1-17(2)16-35-23-11-10-19(14-18(23)3)26(32)24-25(21-15-29-22-9-7-6-8-20(21)22)31(13-12-30(4)5)28(34)27(24)33/h6-11,14-15,17,25,29,32H,12-13,16H2,1-5H3/b26-24+. The van der Waals surface area contributed by atoms with Gasteiger partial charge in [-0.05, 0) is 56.8 Å². The molecule has 0 radical (unpaired) electrons. The van der Waals surface area contributed by atoms with Crippen LogP contribution in [-0.4, -0.2) is 65.4 Å². The van der Waals surface area contributed by atoms with Crippen LogP contribution in [0, 0.1) is 12.8 Å². The molecule has 1 aliphatic heterocycles. The first-order valence-corrected chi connectivity index (χ1v) is 11.9. The maximum absolute atomic E-state index is 13.3. The highest BCUT2D eigenvalue weighted by Gasteiger charge is 2.46. The van der Waals surface area contributed by atoms with Gasteiger partial charge in [0.15, 0.2) is 0 Å². The third kappa shape index (κ3) is 4.82. The Kier molecular flexibility index (Phi) is 6.98. The summed E-state index contributed by atoms with van der Waals surface area (Å²) in [6.45, 7) is 7.60. The van der Waals surface area contributed by atoms with Crippen LogP contribution in [0.5, 0.6) is 5.75 Å². The molecule has 0 aliphatic carbocycles. The Morgan fingerprint density at radius 1 is 1.17 bits per heavy atom. The molecule has 2 N–H and O–H groups in total. The van der Waals surface area contributed by atoms with Gasteiger partial charge in [-0.3, -0.25) is 9.59 Å². The lowest BCUT2D eigenvalue weighted by atomic mass is 9.94. The Balaban J connectivity index is 1.82. The summed E-state index contributed by atoms with van der Waals surface area (Å²) in [4.78, 5) is 33.2. The van der Waals surface area contributed by atoms with E-state index in [0.717, 1.165) is 27.8 Å². The molecule has 4 rings (SSSR count). The lowest BCUT2D eigenvalue weighted by molar-refractivity contribution is -0.140. The maximum Gasteiger partial charge on any atom is 0.295 e. The molecule has 1 amide bonds. The molecule has 1 atom stereocenters. The smallest absolute Gasteiger partial charge is 0.295 e. The molecule has 0 spiro atoms. The van der Waals surface area contributed by atoms with Crippen molar-refractivity contribution < 1.29 is 19.4 Å². The zero-order valence-corrected chi connectivity index (χ0v) is 21.0. The minimum atomic E-state index is -0.691. The number of ether oxygens (including phenoxy) is 1. The number of likely N-dealkylation sites (N-methyl/N-ethyl adjacent to an activating group) is 1. The van der Waals surface area contributed by atoms with Crippen LogP contribution in [-0.2, 0) is 9.59 Å². The lowest BCUT2D eigenvalue weighted by Gasteiger charge is -2.26. The molecule has 3 aromatic rings. The van der Waals surface area contributed by atoms with Crippen molar-refractivity contribution in [2.75, 3.05) is 33.8 Å². The number of rotatable bonds is 8. The van der Waals surface area contributed by atoms with Gasteiger partial charge in [-0.1, -0.05) is 32.0 Å². The number of H-pyrrole nitrogens is 1. The zero-order valence-electron chi connectivity index (χ0n) is 21.0. The minimum Gasteiger partial charge on any atom is -0.507 e. The van der Waals surface area contributed by atoms with E-state index in [1.807, 2.05) is 56.4 Å². The highest BCUT2D eigenvalue weighted by atomic mass is 16.5. The van der Waals surface area contributed by atoms with Crippen LogP contribution in [0.15, 0.2) is 54.2 Å². The normalized spacial score (nSPS) is 17.8. The summed E-state index contributed by atoms with van der Waals surface area (Å²) in [7, 11) is 3.84. The van der Waals surface area contributed by atoms with Gasteiger partial charge in [0.1, 0.15) is 11.5 Å². The van der Waals surface area contributed by atoms with Crippen LogP contribution < -0.4 is 4.74 Å². The number of para-hydroxylation sites is 1. The summed E-state index contributed by atoms with van der Waals surface area (Å²) in [5.74, 6) is -0.331. The number of carbonyl (C=O) groups excluding carboxylic acids is 2. The minimum absolute atomic E-state index is 0.105. The number of likely N-dealkylation sites (tertiary alicyclic amines) is 1. The number of aliphatic hydroxyl groups excluding tert-OH is 1. The van der Waals surface area contributed by atoms with Crippen molar-refractivity contribution in [1.82, 2.24) is 14.8 Å². The molecule has 35 heavy (non-hydrogen) atoms. The van der Waals surface area contributed by atoms with E-state index in [1.165, 1.54) is 0 Å². The SMILES string of the molecule is Cc1cc(/C(O)=C2\C(=O)C(=O)N(CCN(C)C)C2c2c[nH]c3ccccc23)ccc1OCC(C)C. The number of fused-ring (bicyclic) bond motifs is 1. The number of aliphatic hydroxyl groups is 1. The molecule has 0 saturated carbocycles. The van der Waals surface area contributed by atoms with E-state index >= 15 is 0 Å². The first-order valence-electron chi connectivity index (χ1n) is 11.9. The van der Waals surface area contributed by atoms with Gasteiger partial charge >= 0.3 is 0 Å². The third-order valence-corrected chi connectivity index (χ3v) is 6.26. The number of aromatic amines is 1. The van der Waals surface area contributed by atoms with Crippen LogP contribution in [0.2, 0.25) is 0 Å². The number of carbonyl (C=O) groups is 2. The van der Waals surface area contributed by atoms with Gasteiger partial charge in [-0.2, -0.15) is 0 Å². The predicted octanol–water partition coefficient (Wildman–Crippen LogP) is 4.49. The molecule has 7 nitrogen and oxygen atoms in total. The van der Waals surface area contributed by atoms with E-state index < -0.39 is 17.7 Å². The second-order valence-electron chi connectivity index (χ2n) is 9.77. The summed E-state index contributed by atoms with van der Waals surface area (Å²) < 4.78 is 5.86. The van der Waals surface area contributed by atoms with Crippen LogP contribution in [0.25, 0.3) is 16.7 Å². The molecule has 2 aromatic carbocycles. The fourth-order valence-electron chi connectivity index (χ4n) is 4.43. The van der Waals surface area contributed by atoms with E-state index in [4.69, 9.17) is 4.74 Å². The molecular formula is C28H33N3O4. The van der Waals surface area contributed by atoms with Gasteiger partial charge in [0.05, 0.1) is 18.2 Å². The molecule has 7 heteroatoms. The summed E-state index contributed by atoms with van der Waals surface area (Å²) in [6.07, 6.45) is 1.82. The lowest BCUT2D eigenvalue weighted by Crippen LogP contribution is -2.35. The van der Waals surface area contributed by atoms with Crippen molar-refractivity contribution in [3.8, 4) is 5.75 Å². The van der Waals surface area contributed by atoms with Gasteiger partial charge < -0.3 is 24.6 Å². The second-order valence-corrected chi connectivity index (χ2v) is 9.77. The Morgan fingerprint density at radius 2 is 1.91 bits per heavy atom. The first-order chi connectivity index (χ1) is 16.7. The number of nitrogens with one attached hydrogen (secondary N) is 1. The van der Waals surface area contributed by atoms with E-state index in [-0.39, 0.29) is 11.3 Å². The van der Waals surface area contributed by atoms with Crippen molar-refractivity contribution in [3.63, 3.8) is 0 Å². The fourth-order valence-corrected chi connectivity index (χ4v) is 4.43. The average molecular weight is 476 g/mol. The molecule has 2 heterocycles. The number of nitrogens with zero attached hydrogens (tertiary/aromatic N) is 2. The van der Waals surface area contributed by atoms with Crippen molar-refractivity contribution in [3.05, 3.63) is 70.9 Å². The fraction of sp³-hybridized carbons (Fsp3) is 0.357. The molecule has 1 saturated heterocycles. The molecule has 0 bridgehead atoms. The Labute approximate surface area is 206 Å². The molecule has 184 valence electrons. The van der Waals surface area contributed by atoms with Crippen LogP contribution in [0.3, 0.4) is 0 Å². The summed E-state index contributed by atoms with van der Waals surface area (Å²) in [5, 5.41) is 12.3. The number of Topliss-reactive ketones (excluding diaryl/α,β-unsaturated/α-hetero) is 1. The van der Waals surface area contributed by atoms with Gasteiger partial charge in [0.2, 0.25) is 0 Å². The Hall–Kier alpha value is -3.58. The summed E-state index contributed by atoms with van der Waals surface area (Å²) in [6, 6.07) is 12.4. The predicted molar refractivity (Wildman–Crippen MR) is 137 cm³/mol. The molecule has 1 fully saturated rings. The van der Waals surface area contributed by atoms with E-state index in [9.17, 15) is 14.7 Å². The first kappa shape index (κ1) is 24.5. The van der Waals surface area contributed by atoms with Crippen LogP contribution in [0.4, 0.5) is 0 Å². The van der Waals surface area contributed by atoms with Crippen molar-refractivity contribution in [2.45, 2.75) is 26.8 Å². The highest BCUT2D eigenvalue weighted by molar-refractivity contribution is 6.46. The molecule has 1 aliphatic rings. The number of aryl methyl sites for hydroxylation is 1. The third-order valence-electron chi connectivity index (χ3n) is 6.26. The van der Waals surface area contributed by atoms with Gasteiger partial charge in [-0.25, -0.2) is 0 Å². The average Bonchev–Trinajstić information content (AvgIpc) is 3.35. The highest BCUT2D eigenvalue weighted by Crippen LogP contribution is 2.42. The number of hydrogen-bond donors (Lipinski definition) is 2. The van der Waals surface area contributed by atoms with E-state index in [0.29, 0.717) is 31.2 Å². The number of benzene rings is 2. The van der Waals surface area contributed by atoms with Gasteiger partial charge in [0.25, 0.3) is 11.7 Å². The number of amides is 1. The van der Waals surface area contributed by atoms with Gasteiger partial charge in [-0.15, -0.1) is 0 Å². The monoisotopic (exact) mass is 475 g/mol. The van der Waals surface area contributed by atoms with Crippen molar-refractivity contribution >= 4 is 28.4 Å². The van der Waals surface area contributed by atoms with Crippen LogP contribution in [0.1, 0.15) is 36.6 Å². The van der Waals surface area contributed by atoms with Crippen molar-refractivity contribution in [2.24, 2.45) is 5.92 Å². The largest absolute Gasteiger partial charge is 0.507 e. The Morgan fingerprint density at radius 3 is 2.60 bits per heavy atom. The molecular weight excluding hydrogens is 442 g/mol. The molecule has 1 aromatic heterocycles. The van der Waals surface area contributed by atoms with Gasteiger partial charge in [0, 0.05) is 41.3 Å². The second kappa shape index (κ2) is 9.96. The van der Waals surface area contributed by atoms with E-state index in [1.54, 1.807) is 23.1 Å². The molecule has 1 unspecified atom stereocenters. The number of aromatic nitrogens is 1. The van der Waals surface area contributed by atoms with E-state index in [2.05, 4.69) is 18.8 Å². The summed E-state index contributed by atoms with van der Waals surface area (Å²) in [5.41, 5.74) is 3.13. The quantitative estimate of drug-likeness (QED) is 0.285. The van der Waals surface area contributed by atoms with Crippen molar-refractivity contribution in [1.29, 1.82) is 0 Å². The maximum atomic E-state index is 13.3. The Bertz CT molecular complexity index is 1290. The zero-order chi connectivity index (χ0) is 25.3. The topological polar surface area (TPSA) is 85.9 Å².